The lowest BCUT2D eigenvalue weighted by molar-refractivity contribution is -0.133. The van der Waals surface area contributed by atoms with E-state index in [-0.39, 0.29) is 17.9 Å². The predicted molar refractivity (Wildman–Crippen MR) is 69.2 cm³/mol. The summed E-state index contributed by atoms with van der Waals surface area (Å²) in [6.45, 7) is 10.0. The number of amides is 1. The molecule has 0 aliphatic heterocycles. The second-order valence-corrected chi connectivity index (χ2v) is 4.80. The summed E-state index contributed by atoms with van der Waals surface area (Å²) in [5.74, 6) is 0.343. The highest BCUT2D eigenvalue weighted by Crippen LogP contribution is 2.06. The van der Waals surface area contributed by atoms with E-state index in [9.17, 15) is 4.79 Å². The number of carbonyl (C=O) groups excluding carboxylic acids is 1. The standard InChI is InChI=1S/C13H28N2O/c1-5-7-9-15(10-8-6-2)13(16)12(14)11(3)4/h11-12H,5-10,14H2,1-4H3. The Balaban J connectivity index is 4.29. The Labute approximate surface area is 100 Å². The molecule has 1 unspecified atom stereocenters. The van der Waals surface area contributed by atoms with Gasteiger partial charge in [-0.1, -0.05) is 40.5 Å². The maximum atomic E-state index is 12.1. The summed E-state index contributed by atoms with van der Waals surface area (Å²) in [4.78, 5) is 14.0. The highest BCUT2D eigenvalue weighted by atomic mass is 16.2. The number of hydrogen-bond donors (Lipinski definition) is 1. The van der Waals surface area contributed by atoms with E-state index in [0.29, 0.717) is 0 Å². The third-order valence-electron chi connectivity index (χ3n) is 2.88. The average Bonchev–Trinajstić information content (AvgIpc) is 2.27. The Bertz CT molecular complexity index is 184. The molecule has 0 rings (SSSR count). The van der Waals surface area contributed by atoms with Crippen LogP contribution < -0.4 is 5.73 Å². The van der Waals surface area contributed by atoms with Gasteiger partial charge in [-0.2, -0.15) is 0 Å². The summed E-state index contributed by atoms with van der Waals surface area (Å²) in [7, 11) is 0. The van der Waals surface area contributed by atoms with Crippen LogP contribution in [0.2, 0.25) is 0 Å². The zero-order valence-corrected chi connectivity index (χ0v) is 11.3. The number of nitrogens with zero attached hydrogens (tertiary/aromatic N) is 1. The van der Waals surface area contributed by atoms with Crippen LogP contribution in [0.5, 0.6) is 0 Å². The second-order valence-electron chi connectivity index (χ2n) is 4.80. The van der Waals surface area contributed by atoms with Crippen LogP contribution >= 0.6 is 0 Å². The van der Waals surface area contributed by atoms with Crippen LogP contribution in [0.15, 0.2) is 0 Å². The summed E-state index contributed by atoms with van der Waals surface area (Å²) in [5, 5.41) is 0. The Kier molecular flexibility index (Phi) is 8.26. The van der Waals surface area contributed by atoms with Crippen molar-refractivity contribution in [2.45, 2.75) is 59.4 Å². The van der Waals surface area contributed by atoms with Crippen molar-refractivity contribution in [1.29, 1.82) is 0 Å². The average molecular weight is 228 g/mol. The van der Waals surface area contributed by atoms with E-state index >= 15 is 0 Å². The van der Waals surface area contributed by atoms with Crippen molar-refractivity contribution in [3.8, 4) is 0 Å². The van der Waals surface area contributed by atoms with Crippen molar-refractivity contribution in [3.05, 3.63) is 0 Å². The minimum Gasteiger partial charge on any atom is -0.341 e. The minimum atomic E-state index is -0.339. The summed E-state index contributed by atoms with van der Waals surface area (Å²) >= 11 is 0. The topological polar surface area (TPSA) is 46.3 Å². The molecule has 0 aromatic carbocycles. The van der Waals surface area contributed by atoms with Gasteiger partial charge in [0.05, 0.1) is 6.04 Å². The lowest BCUT2D eigenvalue weighted by Crippen LogP contribution is -2.47. The molecule has 96 valence electrons. The van der Waals surface area contributed by atoms with E-state index in [1.165, 1.54) is 0 Å². The molecule has 0 saturated carbocycles. The van der Waals surface area contributed by atoms with Crippen molar-refractivity contribution in [1.82, 2.24) is 4.90 Å². The number of rotatable bonds is 8. The van der Waals surface area contributed by atoms with Gasteiger partial charge in [-0.3, -0.25) is 4.79 Å². The Morgan fingerprint density at radius 3 is 1.88 bits per heavy atom. The molecule has 0 aromatic heterocycles. The molecule has 0 radical (unpaired) electrons. The van der Waals surface area contributed by atoms with E-state index < -0.39 is 0 Å². The van der Waals surface area contributed by atoms with Gasteiger partial charge < -0.3 is 10.6 Å². The number of hydrogen-bond acceptors (Lipinski definition) is 2. The van der Waals surface area contributed by atoms with Crippen LogP contribution in [-0.2, 0) is 4.79 Å². The quantitative estimate of drug-likeness (QED) is 0.693. The molecule has 16 heavy (non-hydrogen) atoms. The van der Waals surface area contributed by atoms with Crippen LogP contribution in [0.25, 0.3) is 0 Å². The normalized spacial score (nSPS) is 12.9. The van der Waals surface area contributed by atoms with Crippen LogP contribution in [-0.4, -0.2) is 29.9 Å². The molecule has 2 N–H and O–H groups in total. The molecule has 0 saturated heterocycles. The van der Waals surface area contributed by atoms with Gasteiger partial charge in [-0.15, -0.1) is 0 Å². The molecule has 0 spiro atoms. The molecule has 1 atom stereocenters. The van der Waals surface area contributed by atoms with Crippen molar-refractivity contribution < 1.29 is 4.79 Å². The first-order chi connectivity index (χ1) is 7.54. The SMILES string of the molecule is CCCCN(CCCC)C(=O)C(N)C(C)C. The predicted octanol–water partition coefficient (Wildman–Crippen LogP) is 2.40. The molecule has 0 aliphatic carbocycles. The molecule has 0 aromatic rings. The fourth-order valence-corrected chi connectivity index (χ4v) is 1.53. The maximum absolute atomic E-state index is 12.1. The summed E-state index contributed by atoms with van der Waals surface area (Å²) in [6, 6.07) is -0.339. The first-order valence-electron chi connectivity index (χ1n) is 6.58. The van der Waals surface area contributed by atoms with Gasteiger partial charge in [-0.05, 0) is 18.8 Å². The zero-order valence-electron chi connectivity index (χ0n) is 11.3. The molecular weight excluding hydrogens is 200 g/mol. The van der Waals surface area contributed by atoms with Gasteiger partial charge in [0.25, 0.3) is 0 Å². The number of carbonyl (C=O) groups is 1. The fourth-order valence-electron chi connectivity index (χ4n) is 1.53. The van der Waals surface area contributed by atoms with Gasteiger partial charge in [-0.25, -0.2) is 0 Å². The van der Waals surface area contributed by atoms with Crippen molar-refractivity contribution >= 4 is 5.91 Å². The van der Waals surface area contributed by atoms with E-state index in [1.807, 2.05) is 18.7 Å². The number of nitrogens with two attached hydrogens (primary N) is 1. The van der Waals surface area contributed by atoms with E-state index in [0.717, 1.165) is 38.8 Å². The molecular formula is C13H28N2O. The summed E-state index contributed by atoms with van der Waals surface area (Å²) in [6.07, 6.45) is 4.38. The second kappa shape index (κ2) is 8.57. The highest BCUT2D eigenvalue weighted by Gasteiger charge is 2.22. The largest absolute Gasteiger partial charge is 0.341 e. The minimum absolute atomic E-state index is 0.122. The Hall–Kier alpha value is -0.570. The highest BCUT2D eigenvalue weighted by molar-refractivity contribution is 5.81. The first-order valence-corrected chi connectivity index (χ1v) is 6.58. The summed E-state index contributed by atoms with van der Waals surface area (Å²) in [5.41, 5.74) is 5.91. The molecule has 3 nitrogen and oxygen atoms in total. The van der Waals surface area contributed by atoms with Gasteiger partial charge in [0.2, 0.25) is 5.91 Å². The van der Waals surface area contributed by atoms with E-state index in [1.54, 1.807) is 0 Å². The van der Waals surface area contributed by atoms with E-state index in [2.05, 4.69) is 13.8 Å². The van der Waals surface area contributed by atoms with Crippen LogP contribution in [0, 0.1) is 5.92 Å². The maximum Gasteiger partial charge on any atom is 0.239 e. The zero-order chi connectivity index (χ0) is 12.6. The smallest absolute Gasteiger partial charge is 0.239 e. The third-order valence-corrected chi connectivity index (χ3v) is 2.88. The Morgan fingerprint density at radius 1 is 1.12 bits per heavy atom. The summed E-state index contributed by atoms with van der Waals surface area (Å²) < 4.78 is 0. The van der Waals surface area contributed by atoms with Gasteiger partial charge in [0.15, 0.2) is 0 Å². The molecule has 3 heteroatoms. The molecule has 0 bridgehead atoms. The third kappa shape index (κ3) is 5.50. The first kappa shape index (κ1) is 15.4. The van der Waals surface area contributed by atoms with Crippen LogP contribution in [0.4, 0.5) is 0 Å². The Morgan fingerprint density at radius 2 is 1.56 bits per heavy atom. The lowest BCUT2D eigenvalue weighted by Gasteiger charge is -2.27. The van der Waals surface area contributed by atoms with Crippen molar-refractivity contribution in [2.24, 2.45) is 11.7 Å². The monoisotopic (exact) mass is 228 g/mol. The van der Waals surface area contributed by atoms with Gasteiger partial charge in [0.1, 0.15) is 0 Å². The number of unbranched alkanes of at least 4 members (excludes halogenated alkanes) is 2. The van der Waals surface area contributed by atoms with Crippen molar-refractivity contribution in [2.75, 3.05) is 13.1 Å². The van der Waals surface area contributed by atoms with E-state index in [4.69, 9.17) is 5.73 Å². The molecule has 0 aliphatic rings. The van der Waals surface area contributed by atoms with Gasteiger partial charge in [0, 0.05) is 13.1 Å². The van der Waals surface area contributed by atoms with Crippen LogP contribution in [0.3, 0.4) is 0 Å². The fraction of sp³-hybridized carbons (Fsp3) is 0.923. The molecule has 0 heterocycles. The lowest BCUT2D eigenvalue weighted by atomic mass is 10.0. The van der Waals surface area contributed by atoms with Gasteiger partial charge >= 0.3 is 0 Å². The molecule has 1 amide bonds. The van der Waals surface area contributed by atoms with Crippen LogP contribution in [0.1, 0.15) is 53.4 Å². The van der Waals surface area contributed by atoms with Crippen molar-refractivity contribution in [3.63, 3.8) is 0 Å². The molecule has 0 fully saturated rings.